The van der Waals surface area contributed by atoms with Gasteiger partial charge >= 0.3 is 0 Å². The van der Waals surface area contributed by atoms with Gasteiger partial charge in [0.05, 0.1) is 44.1 Å². The molecule has 37 heavy (non-hydrogen) atoms. The Labute approximate surface area is 222 Å². The summed E-state index contributed by atoms with van der Waals surface area (Å²) in [6, 6.07) is 1.88. The summed E-state index contributed by atoms with van der Waals surface area (Å²) in [6.45, 7) is 10.2. The van der Waals surface area contributed by atoms with Crippen molar-refractivity contribution >= 4 is 0 Å². The Morgan fingerprint density at radius 3 is 2.59 bits per heavy atom. The van der Waals surface area contributed by atoms with Crippen molar-refractivity contribution < 1.29 is 24.1 Å². The average molecular weight is 514 g/mol. The van der Waals surface area contributed by atoms with Crippen LogP contribution in [0.5, 0.6) is 0 Å². The summed E-state index contributed by atoms with van der Waals surface area (Å²) in [7, 11) is 0. The molecule has 1 aromatic rings. The molecule has 4 fully saturated rings. The third-order valence-corrected chi connectivity index (χ3v) is 11.7. The minimum Gasteiger partial charge on any atom is -0.472 e. The molecule has 0 amide bonds. The van der Waals surface area contributed by atoms with Gasteiger partial charge in [0.25, 0.3) is 0 Å². The van der Waals surface area contributed by atoms with Crippen molar-refractivity contribution in [3.63, 3.8) is 0 Å². The van der Waals surface area contributed by atoms with Crippen molar-refractivity contribution in [3.05, 3.63) is 35.8 Å². The van der Waals surface area contributed by atoms with E-state index in [1.807, 2.05) is 6.07 Å². The molecule has 1 aromatic heterocycles. The smallest absolute Gasteiger partial charge is 0.101 e. The van der Waals surface area contributed by atoms with E-state index in [9.17, 15) is 10.2 Å². The van der Waals surface area contributed by atoms with Crippen LogP contribution in [-0.2, 0) is 15.1 Å². The number of hydrogen-bond donors (Lipinski definition) is 2. The lowest BCUT2D eigenvalue weighted by Crippen LogP contribution is -2.63. The van der Waals surface area contributed by atoms with E-state index in [0.29, 0.717) is 32.0 Å². The Balaban J connectivity index is 1.09. The summed E-state index contributed by atoms with van der Waals surface area (Å²) in [5.41, 5.74) is 0.0368. The zero-order valence-corrected chi connectivity index (χ0v) is 22.9. The Bertz CT molecular complexity index is 972. The first kappa shape index (κ1) is 26.1. The lowest BCUT2D eigenvalue weighted by molar-refractivity contribution is -0.222. The Kier molecular flexibility index (Phi) is 6.89. The molecule has 2 N–H and O–H groups in total. The van der Waals surface area contributed by atoms with Crippen LogP contribution in [0.3, 0.4) is 0 Å². The molecule has 0 aromatic carbocycles. The van der Waals surface area contributed by atoms with Gasteiger partial charge in [0.2, 0.25) is 0 Å². The number of fused-ring (bicyclic) bond motifs is 5. The molecule has 0 radical (unpaired) electrons. The highest BCUT2D eigenvalue weighted by Crippen LogP contribution is 2.71. The number of rotatable bonds is 8. The molecule has 0 unspecified atom stereocenters. The normalized spacial score (nSPS) is 43.8. The molecule has 1 aliphatic heterocycles. The molecule has 206 valence electrons. The van der Waals surface area contributed by atoms with Crippen molar-refractivity contribution in [2.45, 2.75) is 95.4 Å². The number of allylic oxidation sites excluding steroid dienone is 1. The van der Waals surface area contributed by atoms with Crippen LogP contribution in [0.4, 0.5) is 0 Å². The fourth-order valence-corrected chi connectivity index (χ4v) is 9.34. The van der Waals surface area contributed by atoms with Crippen LogP contribution in [0.15, 0.2) is 34.7 Å². The van der Waals surface area contributed by atoms with Crippen LogP contribution < -0.4 is 0 Å². The Morgan fingerprint density at radius 1 is 0.973 bits per heavy atom. The minimum absolute atomic E-state index is 0.114. The zero-order chi connectivity index (χ0) is 25.7. The van der Waals surface area contributed by atoms with E-state index >= 15 is 0 Å². The Hall–Kier alpha value is -1.18. The summed E-state index contributed by atoms with van der Waals surface area (Å²) in [5, 5.41) is 24.3. The van der Waals surface area contributed by atoms with Gasteiger partial charge in [-0.25, -0.2) is 0 Å². The number of aliphatic hydroxyl groups is 2. The van der Waals surface area contributed by atoms with E-state index in [1.54, 1.807) is 12.5 Å². The quantitative estimate of drug-likeness (QED) is 0.375. The van der Waals surface area contributed by atoms with Crippen LogP contribution in [0.1, 0.15) is 83.6 Å². The molecule has 6 heteroatoms. The number of ether oxygens (including phenoxy) is 2. The molecule has 0 spiro atoms. The van der Waals surface area contributed by atoms with Crippen molar-refractivity contribution in [2.24, 2.45) is 22.7 Å². The predicted octanol–water partition coefficient (Wildman–Crippen LogP) is 5.04. The van der Waals surface area contributed by atoms with Gasteiger partial charge in [0, 0.05) is 17.5 Å². The van der Waals surface area contributed by atoms with Gasteiger partial charge in [-0.05, 0) is 101 Å². The van der Waals surface area contributed by atoms with E-state index in [0.717, 1.165) is 57.2 Å². The van der Waals surface area contributed by atoms with Gasteiger partial charge in [-0.1, -0.05) is 25.5 Å². The zero-order valence-electron chi connectivity index (χ0n) is 22.9. The largest absolute Gasteiger partial charge is 0.472 e. The SMILES string of the molecule is C[C@]12CC[C@H]3[C@@H](CCC4=C[C@@H](OCCOCCN5CCCC5)CC[C@@]43C)[C@@]1(O)CC[C@]2(O)c1ccoc1. The van der Waals surface area contributed by atoms with Crippen molar-refractivity contribution in [2.75, 3.05) is 39.5 Å². The first-order valence-corrected chi connectivity index (χ1v) is 14.9. The molecule has 2 heterocycles. The Morgan fingerprint density at radius 2 is 1.81 bits per heavy atom. The van der Waals surface area contributed by atoms with Gasteiger partial charge < -0.3 is 29.0 Å². The molecule has 6 nitrogen and oxygen atoms in total. The van der Waals surface area contributed by atoms with Crippen LogP contribution in [0.25, 0.3) is 0 Å². The average Bonchev–Trinajstić information content (AvgIpc) is 3.65. The van der Waals surface area contributed by atoms with Crippen LogP contribution in [0, 0.1) is 22.7 Å². The highest BCUT2D eigenvalue weighted by atomic mass is 16.5. The molecule has 5 aliphatic rings. The number of furan rings is 1. The lowest BCUT2D eigenvalue weighted by Gasteiger charge is -2.62. The van der Waals surface area contributed by atoms with Crippen LogP contribution in [0.2, 0.25) is 0 Å². The summed E-state index contributed by atoms with van der Waals surface area (Å²) >= 11 is 0. The molecule has 7 atom stereocenters. The van der Waals surface area contributed by atoms with E-state index in [2.05, 4.69) is 24.8 Å². The van der Waals surface area contributed by atoms with E-state index in [4.69, 9.17) is 13.9 Å². The maximum atomic E-state index is 12.4. The summed E-state index contributed by atoms with van der Waals surface area (Å²) in [6.07, 6.45) is 15.9. The first-order chi connectivity index (χ1) is 17.8. The molecule has 0 bridgehead atoms. The molecular formula is C31H47NO5. The maximum Gasteiger partial charge on any atom is 0.101 e. The van der Waals surface area contributed by atoms with Crippen LogP contribution in [-0.4, -0.2) is 66.3 Å². The van der Waals surface area contributed by atoms with Gasteiger partial charge in [-0.15, -0.1) is 0 Å². The molecule has 6 rings (SSSR count). The van der Waals surface area contributed by atoms with Gasteiger partial charge in [0.15, 0.2) is 0 Å². The van der Waals surface area contributed by atoms with Crippen molar-refractivity contribution in [1.29, 1.82) is 0 Å². The monoisotopic (exact) mass is 513 g/mol. The van der Waals surface area contributed by atoms with Crippen molar-refractivity contribution in [1.82, 2.24) is 4.90 Å². The number of likely N-dealkylation sites (tertiary alicyclic amines) is 1. The topological polar surface area (TPSA) is 75.3 Å². The third kappa shape index (κ3) is 4.09. The van der Waals surface area contributed by atoms with Gasteiger partial charge in [0.1, 0.15) is 5.60 Å². The second-order valence-electron chi connectivity index (χ2n) is 13.1. The first-order valence-electron chi connectivity index (χ1n) is 14.9. The summed E-state index contributed by atoms with van der Waals surface area (Å²) < 4.78 is 17.4. The third-order valence-electron chi connectivity index (χ3n) is 11.7. The predicted molar refractivity (Wildman–Crippen MR) is 142 cm³/mol. The standard InChI is InChI=1S/C31H47NO5/c1-28-10-7-25(37-20-19-35-18-16-32-14-3-4-15-32)21-23(28)5-6-27-26(28)8-11-29(2)30(33,12-13-31(27,29)34)24-9-17-36-22-24/h9,17,21-22,25-27,33-34H,3-8,10-16,18-20H2,1-2H3/t25-,26-,27+,28-,29+,30-,31-/m0/s1. The van der Waals surface area contributed by atoms with Gasteiger partial charge in [-0.3, -0.25) is 0 Å². The van der Waals surface area contributed by atoms with Crippen LogP contribution >= 0.6 is 0 Å². The fourth-order valence-electron chi connectivity index (χ4n) is 9.34. The maximum absolute atomic E-state index is 12.4. The number of hydrogen-bond acceptors (Lipinski definition) is 6. The molecule has 1 saturated heterocycles. The summed E-state index contributed by atoms with van der Waals surface area (Å²) in [4.78, 5) is 2.48. The van der Waals surface area contributed by atoms with E-state index < -0.39 is 16.6 Å². The highest BCUT2D eigenvalue weighted by molar-refractivity contribution is 5.33. The summed E-state index contributed by atoms with van der Waals surface area (Å²) in [5.74, 6) is 0.669. The van der Waals surface area contributed by atoms with Crippen molar-refractivity contribution in [3.8, 4) is 0 Å². The second-order valence-corrected chi connectivity index (χ2v) is 13.1. The van der Waals surface area contributed by atoms with E-state index in [1.165, 1.54) is 31.5 Å². The number of nitrogens with zero attached hydrogens (tertiary/aromatic N) is 1. The lowest BCUT2D eigenvalue weighted by atomic mass is 9.44. The highest BCUT2D eigenvalue weighted by Gasteiger charge is 2.71. The van der Waals surface area contributed by atoms with E-state index in [-0.39, 0.29) is 17.4 Å². The second kappa shape index (κ2) is 9.78. The molecular weight excluding hydrogens is 466 g/mol. The molecule has 4 aliphatic carbocycles. The minimum atomic E-state index is -1.03. The molecule has 3 saturated carbocycles. The van der Waals surface area contributed by atoms with Gasteiger partial charge in [-0.2, -0.15) is 0 Å². The fraction of sp³-hybridized carbons (Fsp3) is 0.806.